The molecular formula is C18H22N8O. The second kappa shape index (κ2) is 7.37. The maximum Gasteiger partial charge on any atom is 0.239 e. The first-order valence-corrected chi connectivity index (χ1v) is 8.90. The van der Waals surface area contributed by atoms with Crippen LogP contribution in [0.2, 0.25) is 0 Å². The minimum Gasteiger partial charge on any atom is -0.310 e. The Morgan fingerprint density at radius 2 is 1.81 bits per heavy atom. The van der Waals surface area contributed by atoms with Gasteiger partial charge in [0, 0.05) is 51.0 Å². The predicted molar refractivity (Wildman–Crippen MR) is 102 cm³/mol. The number of piperazine rings is 1. The molecule has 1 N–H and O–H groups in total. The lowest BCUT2D eigenvalue weighted by molar-refractivity contribution is -0.117. The van der Waals surface area contributed by atoms with Gasteiger partial charge >= 0.3 is 0 Å². The summed E-state index contributed by atoms with van der Waals surface area (Å²) in [6, 6.07) is 3.79. The van der Waals surface area contributed by atoms with Crippen LogP contribution in [0.4, 0.5) is 5.82 Å². The van der Waals surface area contributed by atoms with Crippen LogP contribution >= 0.6 is 0 Å². The van der Waals surface area contributed by atoms with Crippen LogP contribution in [0.3, 0.4) is 0 Å². The van der Waals surface area contributed by atoms with Crippen LogP contribution < -0.4 is 5.32 Å². The summed E-state index contributed by atoms with van der Waals surface area (Å²) >= 11 is 0. The van der Waals surface area contributed by atoms with E-state index in [1.165, 1.54) is 0 Å². The Kier molecular flexibility index (Phi) is 4.78. The van der Waals surface area contributed by atoms with Crippen molar-refractivity contribution >= 4 is 22.5 Å². The topological polar surface area (TPSA) is 92.1 Å². The largest absolute Gasteiger partial charge is 0.310 e. The predicted octanol–water partition coefficient (Wildman–Crippen LogP) is 0.611. The van der Waals surface area contributed by atoms with E-state index in [2.05, 4.69) is 42.4 Å². The number of rotatable bonds is 4. The molecule has 140 valence electrons. The molecule has 0 saturated carbocycles. The van der Waals surface area contributed by atoms with E-state index in [0.717, 1.165) is 42.6 Å². The van der Waals surface area contributed by atoms with Crippen LogP contribution in [0.5, 0.6) is 0 Å². The molecule has 1 fully saturated rings. The fraction of sp³-hybridized carbons (Fsp3) is 0.389. The fourth-order valence-electron chi connectivity index (χ4n) is 3.10. The number of hydrogen-bond acceptors (Lipinski definition) is 7. The zero-order valence-electron chi connectivity index (χ0n) is 15.5. The van der Waals surface area contributed by atoms with Gasteiger partial charge in [-0.2, -0.15) is 0 Å². The maximum atomic E-state index is 12.3. The van der Waals surface area contributed by atoms with Crippen molar-refractivity contribution in [1.29, 1.82) is 0 Å². The van der Waals surface area contributed by atoms with E-state index in [-0.39, 0.29) is 5.91 Å². The second-order valence-corrected chi connectivity index (χ2v) is 6.89. The van der Waals surface area contributed by atoms with Crippen molar-refractivity contribution in [1.82, 2.24) is 34.8 Å². The highest BCUT2D eigenvalue weighted by Gasteiger charge is 2.17. The Morgan fingerprint density at radius 1 is 1.04 bits per heavy atom. The van der Waals surface area contributed by atoms with Gasteiger partial charge in [0.15, 0.2) is 0 Å². The molecular weight excluding hydrogens is 344 g/mol. The van der Waals surface area contributed by atoms with Gasteiger partial charge in [-0.3, -0.25) is 19.4 Å². The molecule has 1 saturated heterocycles. The lowest BCUT2D eigenvalue weighted by atomic mass is 10.2. The van der Waals surface area contributed by atoms with E-state index >= 15 is 0 Å². The molecule has 27 heavy (non-hydrogen) atoms. The summed E-state index contributed by atoms with van der Waals surface area (Å²) in [7, 11) is 3.91. The molecule has 9 nitrogen and oxygen atoms in total. The molecule has 9 heteroatoms. The van der Waals surface area contributed by atoms with Crippen molar-refractivity contribution in [2.24, 2.45) is 7.05 Å². The van der Waals surface area contributed by atoms with E-state index < -0.39 is 0 Å². The lowest BCUT2D eigenvalue weighted by Crippen LogP contribution is -2.47. The Hall–Kier alpha value is -2.91. The average molecular weight is 366 g/mol. The van der Waals surface area contributed by atoms with Crippen molar-refractivity contribution in [2.45, 2.75) is 0 Å². The zero-order chi connectivity index (χ0) is 18.8. The highest BCUT2D eigenvalue weighted by atomic mass is 16.2. The van der Waals surface area contributed by atoms with Gasteiger partial charge in [0.1, 0.15) is 11.5 Å². The first-order chi connectivity index (χ1) is 13.1. The molecule has 0 unspecified atom stereocenters. The zero-order valence-corrected chi connectivity index (χ0v) is 15.5. The summed E-state index contributed by atoms with van der Waals surface area (Å²) in [5, 5.41) is 12.8. The van der Waals surface area contributed by atoms with Crippen LogP contribution in [0, 0.1) is 0 Å². The summed E-state index contributed by atoms with van der Waals surface area (Å²) < 4.78 is 1.64. The SMILES string of the molecule is CN1CCN(CC(=O)Nc2cc3cc(-c4cn(C)nn4)ncc3cn2)CC1. The summed E-state index contributed by atoms with van der Waals surface area (Å²) in [5.74, 6) is 0.493. The van der Waals surface area contributed by atoms with E-state index in [0.29, 0.717) is 18.1 Å². The van der Waals surface area contributed by atoms with E-state index in [9.17, 15) is 4.79 Å². The van der Waals surface area contributed by atoms with Crippen molar-refractivity contribution in [3.8, 4) is 11.4 Å². The quantitative estimate of drug-likeness (QED) is 0.723. The van der Waals surface area contributed by atoms with Gasteiger partial charge in [0.2, 0.25) is 5.91 Å². The molecule has 3 aromatic heterocycles. The highest BCUT2D eigenvalue weighted by Crippen LogP contribution is 2.21. The number of aromatic nitrogens is 5. The lowest BCUT2D eigenvalue weighted by Gasteiger charge is -2.31. The summed E-state index contributed by atoms with van der Waals surface area (Å²) in [6.45, 7) is 4.17. The fourth-order valence-corrected chi connectivity index (χ4v) is 3.10. The average Bonchev–Trinajstić information content (AvgIpc) is 3.09. The number of pyridine rings is 2. The van der Waals surface area contributed by atoms with Gasteiger partial charge in [-0.25, -0.2) is 4.98 Å². The van der Waals surface area contributed by atoms with E-state index in [1.54, 1.807) is 17.1 Å². The number of aryl methyl sites for hydroxylation is 1. The third kappa shape index (κ3) is 4.09. The van der Waals surface area contributed by atoms with E-state index in [1.807, 2.05) is 25.4 Å². The Morgan fingerprint density at radius 3 is 2.56 bits per heavy atom. The molecule has 4 rings (SSSR count). The third-order valence-electron chi connectivity index (χ3n) is 4.70. The summed E-state index contributed by atoms with van der Waals surface area (Å²) in [4.78, 5) is 25.5. The number of likely N-dealkylation sites (N-methyl/N-ethyl adjacent to an activating group) is 1. The normalized spacial score (nSPS) is 15.9. The molecule has 0 atom stereocenters. The van der Waals surface area contributed by atoms with Gasteiger partial charge in [0.25, 0.3) is 0 Å². The molecule has 3 aromatic rings. The Labute approximate surface area is 157 Å². The van der Waals surface area contributed by atoms with Crippen molar-refractivity contribution in [3.63, 3.8) is 0 Å². The summed E-state index contributed by atoms with van der Waals surface area (Å²) in [6.07, 6.45) is 5.28. The number of anilines is 1. The van der Waals surface area contributed by atoms with E-state index in [4.69, 9.17) is 0 Å². The molecule has 0 radical (unpaired) electrons. The molecule has 0 spiro atoms. The Bertz CT molecular complexity index is 961. The first-order valence-electron chi connectivity index (χ1n) is 8.90. The van der Waals surface area contributed by atoms with Gasteiger partial charge in [-0.1, -0.05) is 5.21 Å². The number of amides is 1. The standard InChI is InChI=1S/C18H22N8O/c1-24-3-5-26(6-4-24)12-18(27)21-17-8-13-7-15(16-11-25(2)23-22-16)19-9-14(13)10-20-17/h7-11H,3-6,12H2,1-2H3,(H,20,21,27). The maximum absolute atomic E-state index is 12.3. The van der Waals surface area contributed by atoms with Crippen molar-refractivity contribution < 1.29 is 4.79 Å². The van der Waals surface area contributed by atoms with Crippen LogP contribution in [0.15, 0.2) is 30.7 Å². The molecule has 1 aliphatic heterocycles. The first kappa shape index (κ1) is 17.5. The highest BCUT2D eigenvalue weighted by molar-refractivity contribution is 5.94. The summed E-state index contributed by atoms with van der Waals surface area (Å²) in [5.41, 5.74) is 1.44. The minimum absolute atomic E-state index is 0.0467. The minimum atomic E-state index is -0.0467. The van der Waals surface area contributed by atoms with Gasteiger partial charge < -0.3 is 10.2 Å². The molecule has 0 bridgehead atoms. The van der Waals surface area contributed by atoms with Crippen LogP contribution in [-0.4, -0.2) is 80.4 Å². The smallest absolute Gasteiger partial charge is 0.239 e. The van der Waals surface area contributed by atoms with Crippen LogP contribution in [0.1, 0.15) is 0 Å². The van der Waals surface area contributed by atoms with Crippen molar-refractivity contribution in [3.05, 3.63) is 30.7 Å². The molecule has 4 heterocycles. The molecule has 0 aromatic carbocycles. The van der Waals surface area contributed by atoms with Crippen molar-refractivity contribution in [2.75, 3.05) is 45.1 Å². The Balaban J connectivity index is 1.48. The second-order valence-electron chi connectivity index (χ2n) is 6.89. The molecule has 0 aliphatic carbocycles. The van der Waals surface area contributed by atoms with Gasteiger partial charge in [0.05, 0.1) is 18.4 Å². The number of nitrogens with zero attached hydrogens (tertiary/aromatic N) is 7. The molecule has 1 amide bonds. The number of carbonyl (C=O) groups is 1. The number of hydrogen-bond donors (Lipinski definition) is 1. The number of carbonyl (C=O) groups excluding carboxylic acids is 1. The van der Waals surface area contributed by atoms with Crippen LogP contribution in [0.25, 0.3) is 22.2 Å². The molecule has 1 aliphatic rings. The number of fused-ring (bicyclic) bond motifs is 1. The van der Waals surface area contributed by atoms with Gasteiger partial charge in [-0.15, -0.1) is 5.10 Å². The van der Waals surface area contributed by atoms with Crippen LogP contribution in [-0.2, 0) is 11.8 Å². The van der Waals surface area contributed by atoms with Gasteiger partial charge in [-0.05, 0) is 24.6 Å². The third-order valence-corrected chi connectivity index (χ3v) is 4.70. The monoisotopic (exact) mass is 366 g/mol. The number of nitrogens with one attached hydrogen (secondary N) is 1.